The molecule has 5 aromatic rings. The Balaban J connectivity index is 1.47. The molecule has 0 saturated heterocycles. The van der Waals surface area contributed by atoms with E-state index in [0.717, 1.165) is 56.9 Å². The first-order chi connectivity index (χ1) is 27.6. The van der Waals surface area contributed by atoms with Gasteiger partial charge in [-0.3, -0.25) is 0 Å². The second-order valence-electron chi connectivity index (χ2n) is 22.9. The van der Waals surface area contributed by atoms with Crippen molar-refractivity contribution < 1.29 is 0 Å². The largest absolute Gasteiger partial charge is 0.309 e. The van der Waals surface area contributed by atoms with E-state index in [1.54, 1.807) is 0 Å². The van der Waals surface area contributed by atoms with Crippen molar-refractivity contribution in [3.63, 3.8) is 0 Å². The molecule has 4 aliphatic rings. The molecule has 0 atom stereocenters. The van der Waals surface area contributed by atoms with Crippen LogP contribution in [0.4, 0.5) is 34.1 Å². The van der Waals surface area contributed by atoms with Crippen LogP contribution in [0.5, 0.6) is 0 Å². The van der Waals surface area contributed by atoms with Crippen molar-refractivity contribution in [3.8, 4) is 0 Å². The first-order valence-electron chi connectivity index (χ1n) is 22.5. The zero-order valence-electron chi connectivity index (χ0n) is 38.1. The van der Waals surface area contributed by atoms with Crippen LogP contribution in [0.25, 0.3) is 0 Å². The van der Waals surface area contributed by atoms with Crippen molar-refractivity contribution in [1.29, 1.82) is 0 Å². The monoisotopic (exact) mass is 805 g/mol. The molecule has 5 aromatic carbocycles. The summed E-state index contributed by atoms with van der Waals surface area (Å²) < 4.78 is 0. The highest BCUT2D eigenvalue weighted by atomic mass is 35.5. The Kier molecular flexibility index (Phi) is 10.5. The molecule has 0 amide bonds. The van der Waals surface area contributed by atoms with Crippen LogP contribution in [-0.2, 0) is 27.1 Å². The van der Waals surface area contributed by atoms with Gasteiger partial charge in [-0.15, -0.1) is 0 Å². The molecule has 4 fully saturated rings. The summed E-state index contributed by atoms with van der Waals surface area (Å²) in [6.07, 6.45) is 8.04. The van der Waals surface area contributed by atoms with Crippen molar-refractivity contribution in [2.45, 2.75) is 149 Å². The van der Waals surface area contributed by atoms with Gasteiger partial charge in [-0.2, -0.15) is 0 Å². The molecule has 9 rings (SSSR count). The second kappa shape index (κ2) is 14.9. The third kappa shape index (κ3) is 8.25. The highest BCUT2D eigenvalue weighted by molar-refractivity contribution is 6.36. The highest BCUT2D eigenvalue weighted by Crippen LogP contribution is 2.62. The maximum atomic E-state index is 8.21. The summed E-state index contributed by atoms with van der Waals surface area (Å²) in [4.78, 5) is 4.96. The lowest BCUT2D eigenvalue weighted by Crippen LogP contribution is -2.48. The van der Waals surface area contributed by atoms with Gasteiger partial charge in [0.05, 0.1) is 16.4 Å². The Bertz CT molecular complexity index is 2070. The van der Waals surface area contributed by atoms with Gasteiger partial charge in [-0.05, 0) is 172 Å². The first-order valence-corrected chi connectivity index (χ1v) is 22.8. The average molecular weight is 806 g/mol. The number of anilines is 6. The second-order valence-corrected chi connectivity index (χ2v) is 23.3. The Morgan fingerprint density at radius 3 is 1.02 bits per heavy atom. The molecule has 0 radical (unpaired) electrons. The number of rotatable bonds is 7. The minimum absolute atomic E-state index is 0.0404. The van der Waals surface area contributed by atoms with Crippen molar-refractivity contribution in [2.75, 3.05) is 9.80 Å². The van der Waals surface area contributed by atoms with E-state index >= 15 is 0 Å². The van der Waals surface area contributed by atoms with Crippen molar-refractivity contribution in [1.82, 2.24) is 0 Å². The first kappa shape index (κ1) is 41.7. The molecular formula is C56H69ClN2. The maximum Gasteiger partial charge on any atom is 0.0887 e. The van der Waals surface area contributed by atoms with Crippen LogP contribution < -0.4 is 9.80 Å². The normalized spacial score (nSPS) is 21.8. The fourth-order valence-corrected chi connectivity index (χ4v) is 11.2. The summed E-state index contributed by atoms with van der Waals surface area (Å²) in [5.74, 6) is 2.44. The maximum absolute atomic E-state index is 8.21. The number of hydrogen-bond acceptors (Lipinski definition) is 2. The van der Waals surface area contributed by atoms with E-state index in [4.69, 9.17) is 11.6 Å². The summed E-state index contributed by atoms with van der Waals surface area (Å²) in [6.45, 7) is 28.0. The van der Waals surface area contributed by atoms with E-state index in [9.17, 15) is 0 Å². The molecule has 0 N–H and O–H groups in total. The summed E-state index contributed by atoms with van der Waals surface area (Å²) >= 11 is 8.21. The zero-order valence-corrected chi connectivity index (χ0v) is 38.9. The van der Waals surface area contributed by atoms with Crippen LogP contribution in [0, 0.1) is 17.8 Å². The van der Waals surface area contributed by atoms with Crippen molar-refractivity contribution >= 4 is 45.7 Å². The predicted molar refractivity (Wildman–Crippen MR) is 255 cm³/mol. The molecule has 4 saturated carbocycles. The van der Waals surface area contributed by atoms with Crippen LogP contribution in [0.3, 0.4) is 0 Å². The van der Waals surface area contributed by atoms with E-state index in [-0.39, 0.29) is 27.1 Å². The highest BCUT2D eigenvalue weighted by Gasteiger charge is 2.52. The number of benzene rings is 5. The Labute approximate surface area is 362 Å². The minimum atomic E-state index is -0.0404. The zero-order chi connectivity index (χ0) is 42.3. The number of nitrogens with zero attached hydrogens (tertiary/aromatic N) is 2. The van der Waals surface area contributed by atoms with Crippen molar-refractivity contribution in [2.24, 2.45) is 17.8 Å². The summed E-state index contributed by atoms with van der Waals surface area (Å²) in [6, 6.07) is 41.5. The quantitative estimate of drug-likeness (QED) is 0.162. The van der Waals surface area contributed by atoms with Gasteiger partial charge in [0.2, 0.25) is 0 Å². The number of halogens is 1. The van der Waals surface area contributed by atoms with E-state index in [2.05, 4.69) is 202 Å². The molecule has 4 aliphatic carbocycles. The van der Waals surface area contributed by atoms with E-state index in [1.807, 2.05) is 0 Å². The van der Waals surface area contributed by atoms with Crippen LogP contribution in [-0.4, -0.2) is 0 Å². The fraction of sp³-hybridized carbons (Fsp3) is 0.464. The molecule has 59 heavy (non-hydrogen) atoms. The van der Waals surface area contributed by atoms with Gasteiger partial charge in [0, 0.05) is 22.7 Å². The minimum Gasteiger partial charge on any atom is -0.309 e. The molecule has 310 valence electrons. The van der Waals surface area contributed by atoms with Gasteiger partial charge in [0.1, 0.15) is 0 Å². The molecule has 3 heteroatoms. The van der Waals surface area contributed by atoms with Crippen LogP contribution in [0.15, 0.2) is 109 Å². The molecule has 0 aromatic heterocycles. The molecule has 0 unspecified atom stereocenters. The van der Waals surface area contributed by atoms with Crippen molar-refractivity contribution in [3.05, 3.63) is 142 Å². The lowest BCUT2D eigenvalue weighted by Gasteiger charge is -2.57. The van der Waals surface area contributed by atoms with Gasteiger partial charge in [0.25, 0.3) is 0 Å². The Morgan fingerprint density at radius 2 is 0.729 bits per heavy atom. The summed E-state index contributed by atoms with van der Waals surface area (Å²) in [5.41, 5.74) is 13.4. The lowest BCUT2D eigenvalue weighted by molar-refractivity contribution is -0.00515. The average Bonchev–Trinajstić information content (AvgIpc) is 3.15. The predicted octanol–water partition coefficient (Wildman–Crippen LogP) is 16.9. The van der Waals surface area contributed by atoms with Crippen LogP contribution in [0.2, 0.25) is 5.02 Å². The molecular weight excluding hydrogens is 736 g/mol. The third-order valence-corrected chi connectivity index (χ3v) is 14.4. The van der Waals surface area contributed by atoms with Crippen LogP contribution >= 0.6 is 11.6 Å². The molecule has 0 aliphatic heterocycles. The standard InChI is InChI=1S/C56H69ClN2/c1-52(2,3)40-26-41(53(4,5)6)29-47(28-40)58(45-19-15-13-16-20-45)49-32-44(56-34-37-23-38(35-56)25-39(24-37)36-56)33-50(51(49)57)59(46-21-17-14-18-22-46)48-30-42(54(7,8)9)27-43(31-48)55(10,11)12/h13-22,26-33,37-39H,23-25,34-36H2,1-12H3. The fourth-order valence-electron chi connectivity index (χ4n) is 10.9. The van der Waals surface area contributed by atoms with Gasteiger partial charge in [-0.1, -0.05) is 143 Å². The number of hydrogen-bond donors (Lipinski definition) is 0. The van der Waals surface area contributed by atoms with E-state index in [0.29, 0.717) is 0 Å². The molecule has 0 spiro atoms. The Hall–Kier alpha value is -4.01. The summed E-state index contributed by atoms with van der Waals surface area (Å²) in [5, 5.41) is 0.767. The van der Waals surface area contributed by atoms with Crippen LogP contribution in [0.1, 0.15) is 149 Å². The van der Waals surface area contributed by atoms with Gasteiger partial charge < -0.3 is 9.80 Å². The SMILES string of the molecule is CC(C)(C)c1cc(N(c2ccccc2)c2cc(C34CC5CC(CC(C5)C3)C4)cc(N(c3ccccc3)c3cc(C(C)(C)C)cc(C(C)(C)C)c3)c2Cl)cc(C(C)(C)C)c1. The third-order valence-electron chi connectivity index (χ3n) is 14.0. The lowest BCUT2D eigenvalue weighted by atomic mass is 9.48. The molecule has 2 nitrogen and oxygen atoms in total. The van der Waals surface area contributed by atoms with Gasteiger partial charge in [-0.25, -0.2) is 0 Å². The van der Waals surface area contributed by atoms with E-state index in [1.165, 1.54) is 66.3 Å². The molecule has 0 heterocycles. The van der Waals surface area contributed by atoms with E-state index < -0.39 is 0 Å². The topological polar surface area (TPSA) is 6.48 Å². The number of para-hydroxylation sites is 2. The smallest absolute Gasteiger partial charge is 0.0887 e. The Morgan fingerprint density at radius 1 is 0.424 bits per heavy atom. The van der Waals surface area contributed by atoms with Gasteiger partial charge >= 0.3 is 0 Å². The van der Waals surface area contributed by atoms with Gasteiger partial charge in [0.15, 0.2) is 0 Å². The molecule has 4 bridgehead atoms. The summed E-state index contributed by atoms with van der Waals surface area (Å²) in [7, 11) is 0.